The number of ether oxygens (including phenoxy) is 1. The maximum absolute atomic E-state index is 12.2. The van der Waals surface area contributed by atoms with Gasteiger partial charge >= 0.3 is 5.97 Å². The summed E-state index contributed by atoms with van der Waals surface area (Å²) < 4.78 is 5.22. The van der Waals surface area contributed by atoms with Crippen molar-refractivity contribution in [3.8, 4) is 0 Å². The van der Waals surface area contributed by atoms with E-state index in [0.29, 0.717) is 11.9 Å². The molecule has 5 heteroatoms. The second kappa shape index (κ2) is 7.52. The van der Waals surface area contributed by atoms with E-state index in [1.165, 1.54) is 0 Å². The number of hydrogen-bond donors (Lipinski definition) is 1. The minimum Gasteiger partial charge on any atom is -0.465 e. The van der Waals surface area contributed by atoms with Crippen LogP contribution in [0, 0.1) is 0 Å². The average Bonchev–Trinajstić information content (AvgIpc) is 2.92. The lowest BCUT2D eigenvalue weighted by Gasteiger charge is -2.26. The van der Waals surface area contributed by atoms with Gasteiger partial charge in [0, 0.05) is 16.0 Å². The fourth-order valence-electron chi connectivity index (χ4n) is 2.75. The summed E-state index contributed by atoms with van der Waals surface area (Å²) in [5.41, 5.74) is 0.649. The molecular weight excluding hydrogens is 306 g/mol. The lowest BCUT2D eigenvalue weighted by molar-refractivity contribution is -0.150. The molecule has 2 atom stereocenters. The van der Waals surface area contributed by atoms with Gasteiger partial charge < -0.3 is 10.1 Å². The fraction of sp³-hybridized carbons (Fsp3) is 0.562. The monoisotopic (exact) mass is 327 g/mol. The van der Waals surface area contributed by atoms with E-state index < -0.39 is 5.54 Å². The average molecular weight is 328 g/mol. The van der Waals surface area contributed by atoms with E-state index in [-0.39, 0.29) is 5.97 Å². The van der Waals surface area contributed by atoms with Gasteiger partial charge in [0.2, 0.25) is 0 Å². The van der Waals surface area contributed by atoms with E-state index >= 15 is 0 Å². The van der Waals surface area contributed by atoms with Crippen LogP contribution >= 0.6 is 23.4 Å². The first-order valence-corrected chi connectivity index (χ1v) is 8.75. The summed E-state index contributed by atoms with van der Waals surface area (Å²) in [6.45, 7) is 2.28. The van der Waals surface area contributed by atoms with Crippen LogP contribution in [0.4, 0.5) is 0 Å². The first kappa shape index (κ1) is 16.7. The van der Waals surface area contributed by atoms with Crippen LogP contribution in [-0.4, -0.2) is 30.4 Å². The molecule has 0 bridgehead atoms. The Morgan fingerprint density at radius 1 is 1.52 bits per heavy atom. The smallest absolute Gasteiger partial charge is 0.326 e. The highest BCUT2D eigenvalue weighted by molar-refractivity contribution is 7.99. The summed E-state index contributed by atoms with van der Waals surface area (Å²) in [6.07, 6.45) is 2.68. The molecule has 1 aromatic carbocycles. The minimum atomic E-state index is -0.506. The Balaban J connectivity index is 1.93. The number of halogens is 1. The van der Waals surface area contributed by atoms with Crippen molar-refractivity contribution in [2.75, 3.05) is 13.7 Å². The third kappa shape index (κ3) is 3.93. The van der Waals surface area contributed by atoms with Crippen molar-refractivity contribution in [2.45, 2.75) is 42.7 Å². The van der Waals surface area contributed by atoms with Gasteiger partial charge in [0.1, 0.15) is 5.54 Å². The quantitative estimate of drug-likeness (QED) is 0.809. The van der Waals surface area contributed by atoms with Crippen LogP contribution in [0.15, 0.2) is 24.3 Å². The van der Waals surface area contributed by atoms with Crippen molar-refractivity contribution in [3.05, 3.63) is 34.9 Å². The first-order chi connectivity index (χ1) is 10.1. The fourth-order valence-corrected chi connectivity index (χ4v) is 4.38. The third-order valence-corrected chi connectivity index (χ3v) is 5.77. The van der Waals surface area contributed by atoms with Gasteiger partial charge in [-0.1, -0.05) is 29.8 Å². The Labute approximate surface area is 135 Å². The first-order valence-electron chi connectivity index (χ1n) is 7.32. The van der Waals surface area contributed by atoms with Gasteiger partial charge in [-0.3, -0.25) is 4.79 Å². The van der Waals surface area contributed by atoms with E-state index in [1.54, 1.807) is 0 Å². The van der Waals surface area contributed by atoms with E-state index in [0.717, 1.165) is 35.6 Å². The van der Waals surface area contributed by atoms with Crippen molar-refractivity contribution >= 4 is 29.3 Å². The zero-order valence-electron chi connectivity index (χ0n) is 12.5. The lowest BCUT2D eigenvalue weighted by atomic mass is 9.98. The minimum absolute atomic E-state index is 0.117. The second-order valence-corrected chi connectivity index (χ2v) is 7.02. The molecule has 1 aromatic rings. The van der Waals surface area contributed by atoms with Gasteiger partial charge in [0.05, 0.1) is 6.61 Å². The largest absolute Gasteiger partial charge is 0.465 e. The molecule has 0 saturated heterocycles. The Hall–Kier alpha value is -0.710. The van der Waals surface area contributed by atoms with Gasteiger partial charge in [-0.25, -0.2) is 0 Å². The van der Waals surface area contributed by atoms with Gasteiger partial charge in [0.15, 0.2) is 0 Å². The predicted molar refractivity (Wildman–Crippen MR) is 88.8 cm³/mol. The molecule has 1 aliphatic carbocycles. The molecule has 3 nitrogen and oxygen atoms in total. The number of benzene rings is 1. The molecule has 1 saturated carbocycles. The normalized spacial score (nSPS) is 25.0. The second-order valence-electron chi connectivity index (χ2n) is 5.32. The molecule has 21 heavy (non-hydrogen) atoms. The van der Waals surface area contributed by atoms with Crippen molar-refractivity contribution < 1.29 is 9.53 Å². The highest BCUT2D eigenvalue weighted by Gasteiger charge is 2.45. The number of carbonyl (C=O) groups is 1. The topological polar surface area (TPSA) is 38.3 Å². The van der Waals surface area contributed by atoms with Gasteiger partial charge in [-0.05, 0) is 44.9 Å². The Morgan fingerprint density at radius 2 is 2.29 bits per heavy atom. The van der Waals surface area contributed by atoms with E-state index in [4.69, 9.17) is 16.3 Å². The lowest BCUT2D eigenvalue weighted by Crippen LogP contribution is -2.49. The highest BCUT2D eigenvalue weighted by Crippen LogP contribution is 2.39. The van der Waals surface area contributed by atoms with Crippen LogP contribution in [0.3, 0.4) is 0 Å². The molecule has 0 heterocycles. The van der Waals surface area contributed by atoms with Crippen molar-refractivity contribution in [1.29, 1.82) is 0 Å². The third-order valence-electron chi connectivity index (χ3n) is 4.05. The molecule has 1 fully saturated rings. The molecule has 0 amide bonds. The zero-order valence-corrected chi connectivity index (χ0v) is 14.1. The summed E-state index contributed by atoms with van der Waals surface area (Å²) in [5, 5.41) is 4.46. The van der Waals surface area contributed by atoms with Crippen molar-refractivity contribution in [3.63, 3.8) is 0 Å². The molecule has 0 spiro atoms. The molecule has 0 aliphatic heterocycles. The number of carbonyl (C=O) groups excluding carboxylic acids is 1. The van der Waals surface area contributed by atoms with Crippen molar-refractivity contribution in [2.24, 2.45) is 0 Å². The number of hydrogen-bond acceptors (Lipinski definition) is 4. The van der Waals surface area contributed by atoms with Gasteiger partial charge in [-0.15, -0.1) is 0 Å². The predicted octanol–water partition coefficient (Wildman–Crippen LogP) is 3.65. The Morgan fingerprint density at radius 3 is 2.95 bits per heavy atom. The summed E-state index contributed by atoms with van der Waals surface area (Å²) in [4.78, 5) is 12.2. The molecule has 116 valence electrons. The number of thioether (sulfide) groups is 1. The molecule has 2 unspecified atom stereocenters. The van der Waals surface area contributed by atoms with Crippen LogP contribution in [0.2, 0.25) is 5.02 Å². The van der Waals surface area contributed by atoms with Gasteiger partial charge in [0.25, 0.3) is 0 Å². The Bertz CT molecular complexity index is 497. The summed E-state index contributed by atoms with van der Waals surface area (Å²) in [7, 11) is 1.85. The Kier molecular flexibility index (Phi) is 5.97. The maximum atomic E-state index is 12.2. The molecule has 0 aromatic heterocycles. The SMILES string of the molecule is CCOC(=O)C1(NC)CCC(SCc2ccccc2Cl)C1. The zero-order chi connectivity index (χ0) is 15.3. The molecule has 0 radical (unpaired) electrons. The standard InChI is InChI=1S/C16H22ClNO2S/c1-3-20-15(19)16(18-2)9-8-13(10-16)21-11-12-6-4-5-7-14(12)17/h4-7,13,18H,3,8-11H2,1-2H3. The summed E-state index contributed by atoms with van der Waals surface area (Å²) >= 11 is 8.06. The van der Waals surface area contributed by atoms with E-state index in [1.807, 2.05) is 43.9 Å². The van der Waals surface area contributed by atoms with Crippen LogP contribution in [0.5, 0.6) is 0 Å². The number of likely N-dealkylation sites (N-methyl/N-ethyl adjacent to an activating group) is 1. The molecular formula is C16H22ClNO2S. The van der Waals surface area contributed by atoms with Crippen molar-refractivity contribution in [1.82, 2.24) is 5.32 Å². The number of rotatable bonds is 6. The van der Waals surface area contributed by atoms with E-state index in [2.05, 4.69) is 11.4 Å². The summed E-state index contributed by atoms with van der Waals surface area (Å²) in [6, 6.07) is 7.93. The van der Waals surface area contributed by atoms with Crippen LogP contribution in [0.1, 0.15) is 31.7 Å². The van der Waals surface area contributed by atoms with Crippen LogP contribution in [-0.2, 0) is 15.3 Å². The van der Waals surface area contributed by atoms with E-state index in [9.17, 15) is 4.79 Å². The van der Waals surface area contributed by atoms with Gasteiger partial charge in [-0.2, -0.15) is 11.8 Å². The van der Waals surface area contributed by atoms with Crippen LogP contribution in [0.25, 0.3) is 0 Å². The molecule has 2 rings (SSSR count). The molecule has 1 aliphatic rings. The maximum Gasteiger partial charge on any atom is 0.326 e. The number of nitrogens with one attached hydrogen (secondary N) is 1. The number of esters is 1. The highest BCUT2D eigenvalue weighted by atomic mass is 35.5. The van der Waals surface area contributed by atoms with Crippen LogP contribution < -0.4 is 5.32 Å². The molecule has 1 N–H and O–H groups in total. The summed E-state index contributed by atoms with van der Waals surface area (Å²) in [5.74, 6) is 0.765.